The number of hydrogen-bond acceptors (Lipinski definition) is 2. The molecule has 0 aliphatic carbocycles. The second-order valence-corrected chi connectivity index (χ2v) is 7.93. The summed E-state index contributed by atoms with van der Waals surface area (Å²) in [6.45, 7) is 8.44. The quantitative estimate of drug-likeness (QED) is 0.792. The zero-order valence-electron chi connectivity index (χ0n) is 15.5. The molecule has 2 amide bonds. The molecule has 5 heteroatoms. The van der Waals surface area contributed by atoms with Crippen LogP contribution in [-0.4, -0.2) is 18.4 Å². The Bertz CT molecular complexity index is 892. The Kier molecular flexibility index (Phi) is 5.19. The minimum atomic E-state index is -0.340. The lowest BCUT2D eigenvalue weighted by Crippen LogP contribution is -2.28. The Labute approximate surface area is 162 Å². The van der Waals surface area contributed by atoms with Crippen LogP contribution in [0, 0.1) is 33.6 Å². The second kappa shape index (κ2) is 7.23. The van der Waals surface area contributed by atoms with Gasteiger partial charge in [-0.1, -0.05) is 22.0 Å². The highest BCUT2D eigenvalue weighted by molar-refractivity contribution is 9.10. The Hall–Kier alpha value is -2.14. The molecule has 136 valence electrons. The molecule has 2 aromatic rings. The number of nitrogens with one attached hydrogen (secondary N) is 1. The molecule has 0 aromatic heterocycles. The summed E-state index contributed by atoms with van der Waals surface area (Å²) >= 11 is 3.50. The molecule has 1 aliphatic heterocycles. The lowest BCUT2D eigenvalue weighted by molar-refractivity contribution is -0.122. The maximum Gasteiger partial charge on any atom is 0.229 e. The molecule has 26 heavy (non-hydrogen) atoms. The van der Waals surface area contributed by atoms with Crippen molar-refractivity contribution in [2.75, 3.05) is 16.8 Å². The smallest absolute Gasteiger partial charge is 0.229 e. The van der Waals surface area contributed by atoms with E-state index in [2.05, 4.69) is 21.2 Å². The monoisotopic (exact) mass is 414 g/mol. The van der Waals surface area contributed by atoms with Crippen LogP contribution in [0.25, 0.3) is 0 Å². The van der Waals surface area contributed by atoms with Gasteiger partial charge in [0.1, 0.15) is 0 Å². The van der Waals surface area contributed by atoms with Gasteiger partial charge in [0, 0.05) is 28.8 Å². The van der Waals surface area contributed by atoms with Crippen molar-refractivity contribution in [2.24, 2.45) is 5.92 Å². The number of carbonyl (C=O) groups excluding carboxylic acids is 2. The molecule has 1 aliphatic rings. The summed E-state index contributed by atoms with van der Waals surface area (Å²) in [7, 11) is 0. The van der Waals surface area contributed by atoms with E-state index in [1.165, 1.54) is 5.56 Å². The van der Waals surface area contributed by atoms with Gasteiger partial charge >= 0.3 is 0 Å². The summed E-state index contributed by atoms with van der Waals surface area (Å²) in [4.78, 5) is 26.9. The van der Waals surface area contributed by atoms with Gasteiger partial charge in [0.25, 0.3) is 0 Å². The largest absolute Gasteiger partial charge is 0.326 e. The zero-order valence-corrected chi connectivity index (χ0v) is 17.1. The van der Waals surface area contributed by atoms with Gasteiger partial charge in [-0.05, 0) is 74.2 Å². The van der Waals surface area contributed by atoms with Crippen LogP contribution in [0.5, 0.6) is 0 Å². The molecule has 0 saturated carbocycles. The Balaban J connectivity index is 1.75. The van der Waals surface area contributed by atoms with Crippen molar-refractivity contribution in [1.29, 1.82) is 0 Å². The van der Waals surface area contributed by atoms with E-state index in [0.717, 1.165) is 32.5 Å². The first-order valence-electron chi connectivity index (χ1n) is 8.71. The van der Waals surface area contributed by atoms with Crippen LogP contribution in [0.1, 0.15) is 28.7 Å². The first kappa shape index (κ1) is 18.6. The van der Waals surface area contributed by atoms with Crippen molar-refractivity contribution >= 4 is 39.1 Å². The van der Waals surface area contributed by atoms with Crippen molar-refractivity contribution in [3.63, 3.8) is 0 Å². The number of anilines is 2. The van der Waals surface area contributed by atoms with Gasteiger partial charge in [-0.2, -0.15) is 0 Å². The van der Waals surface area contributed by atoms with E-state index in [1.54, 1.807) is 4.90 Å². The van der Waals surface area contributed by atoms with Gasteiger partial charge in [-0.3, -0.25) is 9.59 Å². The molecular weight excluding hydrogens is 392 g/mol. The molecule has 0 unspecified atom stereocenters. The first-order chi connectivity index (χ1) is 12.3. The number of nitrogens with zero attached hydrogens (tertiary/aromatic N) is 1. The molecule has 1 N–H and O–H groups in total. The minimum Gasteiger partial charge on any atom is -0.326 e. The third-order valence-electron chi connectivity index (χ3n) is 5.06. The molecule has 2 aromatic carbocycles. The van der Waals surface area contributed by atoms with E-state index in [0.29, 0.717) is 6.54 Å². The minimum absolute atomic E-state index is 0.00267. The first-order valence-corrected chi connectivity index (χ1v) is 9.51. The maximum atomic E-state index is 12.7. The van der Waals surface area contributed by atoms with E-state index in [1.807, 2.05) is 58.0 Å². The summed E-state index contributed by atoms with van der Waals surface area (Å²) in [5.74, 6) is -0.445. The van der Waals surface area contributed by atoms with Crippen LogP contribution in [0.4, 0.5) is 11.4 Å². The van der Waals surface area contributed by atoms with Crippen molar-refractivity contribution in [3.05, 3.63) is 57.1 Å². The Morgan fingerprint density at radius 2 is 1.77 bits per heavy atom. The van der Waals surface area contributed by atoms with E-state index in [-0.39, 0.29) is 24.2 Å². The molecule has 4 nitrogen and oxygen atoms in total. The summed E-state index contributed by atoms with van der Waals surface area (Å²) in [5.41, 5.74) is 6.05. The van der Waals surface area contributed by atoms with Gasteiger partial charge in [0.05, 0.1) is 5.92 Å². The topological polar surface area (TPSA) is 49.4 Å². The molecule has 1 atom stereocenters. The molecule has 1 fully saturated rings. The molecule has 1 saturated heterocycles. The Morgan fingerprint density at radius 3 is 2.46 bits per heavy atom. The number of hydrogen-bond donors (Lipinski definition) is 1. The molecule has 0 bridgehead atoms. The SMILES string of the molecule is Cc1ccc(N2C[C@H](C(=O)Nc3cc(C)c(Br)cc3C)CC2=O)cc1C. The van der Waals surface area contributed by atoms with Gasteiger partial charge in [0.2, 0.25) is 11.8 Å². The third-order valence-corrected chi connectivity index (χ3v) is 5.92. The summed E-state index contributed by atoms with van der Waals surface area (Å²) in [6.07, 6.45) is 0.243. The van der Waals surface area contributed by atoms with Crippen LogP contribution in [0.3, 0.4) is 0 Å². The highest BCUT2D eigenvalue weighted by Crippen LogP contribution is 2.29. The van der Waals surface area contributed by atoms with Gasteiger partial charge < -0.3 is 10.2 Å². The average molecular weight is 415 g/mol. The van der Waals surface area contributed by atoms with Crippen molar-refractivity contribution in [3.8, 4) is 0 Å². The highest BCUT2D eigenvalue weighted by atomic mass is 79.9. The predicted octanol–water partition coefficient (Wildman–Crippen LogP) is 4.67. The lowest BCUT2D eigenvalue weighted by atomic mass is 10.1. The number of halogens is 1. The fraction of sp³-hybridized carbons (Fsp3) is 0.333. The van der Waals surface area contributed by atoms with Crippen molar-refractivity contribution < 1.29 is 9.59 Å². The Morgan fingerprint density at radius 1 is 1.04 bits per heavy atom. The number of benzene rings is 2. The van der Waals surface area contributed by atoms with Gasteiger partial charge in [-0.15, -0.1) is 0 Å². The predicted molar refractivity (Wildman–Crippen MR) is 109 cm³/mol. The van der Waals surface area contributed by atoms with Crippen molar-refractivity contribution in [1.82, 2.24) is 0 Å². The molecule has 1 heterocycles. The highest BCUT2D eigenvalue weighted by Gasteiger charge is 2.35. The van der Waals surface area contributed by atoms with E-state index in [9.17, 15) is 9.59 Å². The normalized spacial score (nSPS) is 16.9. The molecule has 3 rings (SSSR count). The number of rotatable bonds is 3. The number of aryl methyl sites for hydroxylation is 4. The van der Waals surface area contributed by atoms with Crippen molar-refractivity contribution in [2.45, 2.75) is 34.1 Å². The van der Waals surface area contributed by atoms with E-state index < -0.39 is 0 Å². The third kappa shape index (κ3) is 3.68. The van der Waals surface area contributed by atoms with Crippen LogP contribution < -0.4 is 10.2 Å². The van der Waals surface area contributed by atoms with Crippen LogP contribution in [0.2, 0.25) is 0 Å². The fourth-order valence-corrected chi connectivity index (χ4v) is 3.63. The van der Waals surface area contributed by atoms with Gasteiger partial charge in [-0.25, -0.2) is 0 Å². The maximum absolute atomic E-state index is 12.7. The summed E-state index contributed by atoms with van der Waals surface area (Å²) < 4.78 is 1.02. The zero-order chi connectivity index (χ0) is 19.0. The fourth-order valence-electron chi connectivity index (χ4n) is 3.18. The number of carbonyl (C=O) groups is 2. The standard InChI is InChI=1S/C21H23BrN2O2/c1-12-5-6-17(7-13(12)2)24-11-16(10-20(24)25)21(26)23-19-9-14(3)18(22)8-15(19)4/h5-9,16H,10-11H2,1-4H3,(H,23,26)/t16-/m1/s1. The molecule has 0 radical (unpaired) electrons. The molecule has 0 spiro atoms. The average Bonchev–Trinajstić information content (AvgIpc) is 2.97. The second-order valence-electron chi connectivity index (χ2n) is 7.08. The summed E-state index contributed by atoms with van der Waals surface area (Å²) in [6, 6.07) is 9.92. The van der Waals surface area contributed by atoms with Gasteiger partial charge in [0.15, 0.2) is 0 Å². The van der Waals surface area contributed by atoms with Crippen LogP contribution >= 0.6 is 15.9 Å². The lowest BCUT2D eigenvalue weighted by Gasteiger charge is -2.18. The van der Waals surface area contributed by atoms with Crippen LogP contribution in [-0.2, 0) is 9.59 Å². The van der Waals surface area contributed by atoms with Crippen LogP contribution in [0.15, 0.2) is 34.8 Å². The summed E-state index contributed by atoms with van der Waals surface area (Å²) in [5, 5.41) is 2.99. The van der Waals surface area contributed by atoms with E-state index in [4.69, 9.17) is 0 Å². The number of amides is 2. The van der Waals surface area contributed by atoms with E-state index >= 15 is 0 Å². The molecular formula is C21H23BrN2O2.